The van der Waals surface area contributed by atoms with Gasteiger partial charge in [-0.1, -0.05) is 24.3 Å². The lowest BCUT2D eigenvalue weighted by atomic mass is 10.1. The number of hydrogen-bond acceptors (Lipinski definition) is 5. The van der Waals surface area contributed by atoms with Gasteiger partial charge in [-0.3, -0.25) is 9.59 Å². The molecule has 0 aliphatic heterocycles. The Labute approximate surface area is 191 Å². The molecule has 0 fully saturated rings. The van der Waals surface area contributed by atoms with Gasteiger partial charge < -0.3 is 20.1 Å². The van der Waals surface area contributed by atoms with Crippen molar-refractivity contribution in [3.05, 3.63) is 89.6 Å². The summed E-state index contributed by atoms with van der Waals surface area (Å²) >= 11 is 1.57. The minimum atomic E-state index is -0.461. The summed E-state index contributed by atoms with van der Waals surface area (Å²) in [5.41, 5.74) is 1.72. The van der Waals surface area contributed by atoms with E-state index in [1.807, 2.05) is 30.5 Å². The van der Waals surface area contributed by atoms with E-state index in [4.69, 9.17) is 9.47 Å². The molecule has 0 aromatic heterocycles. The number of carbonyl (C=O) groups excluding carboxylic acids is 2. The first-order valence-corrected chi connectivity index (χ1v) is 11.0. The van der Waals surface area contributed by atoms with Crippen molar-refractivity contribution in [1.29, 1.82) is 0 Å². The molecule has 0 aliphatic rings. The fraction of sp³-hybridized carbons (Fsp3) is 0.120. The van der Waals surface area contributed by atoms with Gasteiger partial charge in [-0.15, -0.1) is 11.8 Å². The van der Waals surface area contributed by atoms with Gasteiger partial charge in [-0.2, -0.15) is 0 Å². The Balaban J connectivity index is 1.98. The fourth-order valence-electron chi connectivity index (χ4n) is 2.95. The molecule has 0 atom stereocenters. The largest absolute Gasteiger partial charge is 0.497 e. The number of nitrogens with one attached hydrogen (secondary N) is 2. The highest BCUT2D eigenvalue weighted by Gasteiger charge is 2.16. The molecule has 0 radical (unpaired) electrons. The number of benzene rings is 3. The van der Waals surface area contributed by atoms with Gasteiger partial charge in [0.1, 0.15) is 17.2 Å². The number of anilines is 1. The van der Waals surface area contributed by atoms with Crippen molar-refractivity contribution in [2.45, 2.75) is 4.90 Å². The van der Waals surface area contributed by atoms with E-state index < -0.39 is 11.8 Å². The highest BCUT2D eigenvalue weighted by atomic mass is 32.2. The third-order valence-corrected chi connectivity index (χ3v) is 5.32. The maximum absolute atomic E-state index is 13.2. The smallest absolute Gasteiger partial charge is 0.272 e. The predicted octanol–water partition coefficient (Wildman–Crippen LogP) is 4.84. The first-order chi connectivity index (χ1) is 15.5. The summed E-state index contributed by atoms with van der Waals surface area (Å²) in [6, 6.07) is 21.4. The number of ether oxygens (including phenoxy) is 2. The zero-order valence-corrected chi connectivity index (χ0v) is 18.9. The molecule has 0 saturated carbocycles. The molecular formula is C25H24N2O4S. The number of carbonyl (C=O) groups is 2. The summed E-state index contributed by atoms with van der Waals surface area (Å²) in [7, 11) is 3.09. The van der Waals surface area contributed by atoms with Gasteiger partial charge in [-0.25, -0.2) is 0 Å². The zero-order valence-electron chi connectivity index (χ0n) is 18.0. The summed E-state index contributed by atoms with van der Waals surface area (Å²) < 4.78 is 10.7. The number of methoxy groups -OCH3 is 2. The molecule has 0 unspecified atom stereocenters. The minimum absolute atomic E-state index is 0.0694. The van der Waals surface area contributed by atoms with Crippen LogP contribution in [0.4, 0.5) is 5.69 Å². The van der Waals surface area contributed by atoms with Crippen LogP contribution in [0.15, 0.2) is 83.4 Å². The van der Waals surface area contributed by atoms with Crippen LogP contribution in [-0.4, -0.2) is 32.3 Å². The van der Waals surface area contributed by atoms with Gasteiger partial charge in [0, 0.05) is 21.7 Å². The summed E-state index contributed by atoms with van der Waals surface area (Å²) in [5.74, 6) is 0.275. The van der Waals surface area contributed by atoms with E-state index >= 15 is 0 Å². The number of rotatable bonds is 8. The second-order valence-electron chi connectivity index (χ2n) is 6.67. The standard InChI is InChI=1S/C25H24N2O4S/c1-30-20-12-13-23(31-2)18(14-20)15-22(27-24(28)17-8-5-4-6-9-17)25(29)26-19-10-7-11-21(16-19)32-3/h4-16H,1-3H3,(H,26,29)(H,27,28)/b22-15+. The molecule has 7 heteroatoms. The van der Waals surface area contributed by atoms with Crippen molar-refractivity contribution < 1.29 is 19.1 Å². The SMILES string of the molecule is COc1ccc(OC)c(/C=C(/NC(=O)c2ccccc2)C(=O)Nc2cccc(SC)c2)c1. The van der Waals surface area contributed by atoms with Gasteiger partial charge >= 0.3 is 0 Å². The van der Waals surface area contributed by atoms with Crippen LogP contribution in [0.5, 0.6) is 11.5 Å². The molecule has 0 heterocycles. The summed E-state index contributed by atoms with van der Waals surface area (Å²) in [6.07, 6.45) is 3.53. The normalized spacial score (nSPS) is 10.9. The third-order valence-electron chi connectivity index (χ3n) is 4.59. The maximum atomic E-state index is 13.2. The molecule has 6 nitrogen and oxygen atoms in total. The van der Waals surface area contributed by atoms with Crippen LogP contribution in [0, 0.1) is 0 Å². The number of amides is 2. The summed E-state index contributed by atoms with van der Waals surface area (Å²) in [5, 5.41) is 5.58. The molecular weight excluding hydrogens is 424 g/mol. The highest BCUT2D eigenvalue weighted by Crippen LogP contribution is 2.26. The quantitative estimate of drug-likeness (QED) is 0.381. The lowest BCUT2D eigenvalue weighted by molar-refractivity contribution is -0.113. The molecule has 3 rings (SSSR count). The average Bonchev–Trinajstić information content (AvgIpc) is 2.84. The first-order valence-electron chi connectivity index (χ1n) is 9.79. The van der Waals surface area contributed by atoms with Crippen LogP contribution in [0.25, 0.3) is 6.08 Å². The van der Waals surface area contributed by atoms with E-state index in [0.717, 1.165) is 4.90 Å². The lowest BCUT2D eigenvalue weighted by Gasteiger charge is -2.13. The molecule has 2 amide bonds. The fourth-order valence-corrected chi connectivity index (χ4v) is 3.41. The lowest BCUT2D eigenvalue weighted by Crippen LogP contribution is -2.30. The van der Waals surface area contributed by atoms with E-state index in [9.17, 15) is 9.59 Å². The van der Waals surface area contributed by atoms with Crippen molar-refractivity contribution in [3.63, 3.8) is 0 Å². The van der Waals surface area contributed by atoms with Crippen LogP contribution in [-0.2, 0) is 4.79 Å². The topological polar surface area (TPSA) is 76.7 Å². The van der Waals surface area contributed by atoms with Gasteiger partial charge in [0.05, 0.1) is 14.2 Å². The predicted molar refractivity (Wildman–Crippen MR) is 128 cm³/mol. The minimum Gasteiger partial charge on any atom is -0.497 e. The van der Waals surface area contributed by atoms with E-state index in [0.29, 0.717) is 28.3 Å². The molecule has 0 spiro atoms. The second-order valence-corrected chi connectivity index (χ2v) is 7.55. The van der Waals surface area contributed by atoms with Gasteiger partial charge in [0.25, 0.3) is 11.8 Å². The molecule has 0 saturated heterocycles. The average molecular weight is 449 g/mol. The van der Waals surface area contributed by atoms with Gasteiger partial charge in [0.2, 0.25) is 0 Å². The van der Waals surface area contributed by atoms with Crippen LogP contribution in [0.1, 0.15) is 15.9 Å². The Morgan fingerprint density at radius 2 is 1.69 bits per heavy atom. The Morgan fingerprint density at radius 3 is 2.38 bits per heavy atom. The van der Waals surface area contributed by atoms with Gasteiger partial charge in [-0.05, 0) is 60.9 Å². The van der Waals surface area contributed by atoms with Crippen molar-refractivity contribution >= 4 is 35.3 Å². The van der Waals surface area contributed by atoms with Crippen molar-refractivity contribution in [2.75, 3.05) is 25.8 Å². The van der Waals surface area contributed by atoms with E-state index in [1.165, 1.54) is 7.11 Å². The van der Waals surface area contributed by atoms with Crippen LogP contribution >= 0.6 is 11.8 Å². The van der Waals surface area contributed by atoms with Crippen LogP contribution < -0.4 is 20.1 Å². The van der Waals surface area contributed by atoms with E-state index in [2.05, 4.69) is 10.6 Å². The second kappa shape index (κ2) is 11.1. The number of hydrogen-bond donors (Lipinski definition) is 2. The third kappa shape index (κ3) is 5.92. The highest BCUT2D eigenvalue weighted by molar-refractivity contribution is 7.98. The molecule has 164 valence electrons. The molecule has 2 N–H and O–H groups in total. The summed E-state index contributed by atoms with van der Waals surface area (Å²) in [6.45, 7) is 0. The van der Waals surface area contributed by atoms with Crippen LogP contribution in [0.3, 0.4) is 0 Å². The van der Waals surface area contributed by atoms with Gasteiger partial charge in [0.15, 0.2) is 0 Å². The van der Waals surface area contributed by atoms with Crippen molar-refractivity contribution in [3.8, 4) is 11.5 Å². The molecule has 3 aromatic carbocycles. The Hall–Kier alpha value is -3.71. The van der Waals surface area contributed by atoms with E-state index in [-0.39, 0.29) is 5.70 Å². The number of thioether (sulfide) groups is 1. The summed E-state index contributed by atoms with van der Waals surface area (Å²) in [4.78, 5) is 27.0. The Morgan fingerprint density at radius 1 is 0.906 bits per heavy atom. The van der Waals surface area contributed by atoms with E-state index in [1.54, 1.807) is 73.5 Å². The molecule has 3 aromatic rings. The van der Waals surface area contributed by atoms with Crippen molar-refractivity contribution in [1.82, 2.24) is 5.32 Å². The maximum Gasteiger partial charge on any atom is 0.272 e. The molecule has 0 aliphatic carbocycles. The van der Waals surface area contributed by atoms with Crippen LogP contribution in [0.2, 0.25) is 0 Å². The Bertz CT molecular complexity index is 1130. The monoisotopic (exact) mass is 448 g/mol. The van der Waals surface area contributed by atoms with Crippen molar-refractivity contribution in [2.24, 2.45) is 0 Å². The zero-order chi connectivity index (χ0) is 22.9. The molecule has 0 bridgehead atoms. The first kappa shape index (κ1) is 23.0. The molecule has 32 heavy (non-hydrogen) atoms. The Kier molecular flexibility index (Phi) is 7.94.